The summed E-state index contributed by atoms with van der Waals surface area (Å²) in [6.45, 7) is 3.83. The van der Waals surface area contributed by atoms with E-state index in [1.807, 2.05) is 17.0 Å². The van der Waals surface area contributed by atoms with E-state index in [2.05, 4.69) is 9.97 Å². The molecule has 0 bridgehead atoms. The molecule has 0 unspecified atom stereocenters. The lowest BCUT2D eigenvalue weighted by Crippen LogP contribution is -2.53. The number of rotatable bonds is 4. The predicted molar refractivity (Wildman–Crippen MR) is 144 cm³/mol. The zero-order valence-corrected chi connectivity index (χ0v) is 23.8. The number of carboxylic acid groups (broad SMARTS) is 1. The molecule has 2 N–H and O–H groups in total. The van der Waals surface area contributed by atoms with Gasteiger partial charge in [0.2, 0.25) is 11.8 Å². The van der Waals surface area contributed by atoms with Gasteiger partial charge in [0.15, 0.2) is 0 Å². The van der Waals surface area contributed by atoms with Gasteiger partial charge in [-0.25, -0.2) is 9.78 Å². The van der Waals surface area contributed by atoms with Gasteiger partial charge in [-0.15, -0.1) is 0 Å². The van der Waals surface area contributed by atoms with Gasteiger partial charge in [-0.1, -0.05) is 29.3 Å². The van der Waals surface area contributed by atoms with E-state index in [-0.39, 0.29) is 35.6 Å². The normalized spacial score (nSPS) is 19.7. The number of H-pyrrole nitrogens is 1. The van der Waals surface area contributed by atoms with Crippen molar-refractivity contribution in [3.8, 4) is 0 Å². The van der Waals surface area contributed by atoms with E-state index in [9.17, 15) is 27.6 Å². The molecular weight excluding hydrogens is 590 g/mol. The molecule has 10 nitrogen and oxygen atoms in total. The fourth-order valence-electron chi connectivity index (χ4n) is 5.08. The Bertz CT molecular complexity index is 1250. The molecule has 2 aromatic rings. The van der Waals surface area contributed by atoms with Crippen LogP contribution >= 0.6 is 23.2 Å². The highest BCUT2D eigenvalue weighted by Gasteiger charge is 2.40. The van der Waals surface area contributed by atoms with Gasteiger partial charge in [0.05, 0.1) is 16.4 Å². The Morgan fingerprint density at radius 3 is 2.17 bits per heavy atom. The maximum atomic E-state index is 13.4. The number of imidazole rings is 1. The van der Waals surface area contributed by atoms with Crippen molar-refractivity contribution in [1.82, 2.24) is 24.7 Å². The van der Waals surface area contributed by atoms with Gasteiger partial charge in [0.1, 0.15) is 5.69 Å². The molecule has 3 amide bonds. The number of hydrogen-bond acceptors (Lipinski definition) is 5. The minimum absolute atomic E-state index is 0.0519. The van der Waals surface area contributed by atoms with E-state index >= 15 is 0 Å². The standard InChI is InChI=1S/C24H29Cl2N5O3.C2HF3O2/c1-15(32)30-8-5-16(6-9-30)23(33)31-10-7-22(29(2)24(34)21-12-27-14-28-21)18(13-31)17-3-4-19(25)20(26)11-17;3-2(4,5)1(6)7/h3-4,11-12,14,16,18,22H,5-10,13H2,1-2H3,(H,27,28);(H,6,7)/t18-,22+;/m0./s1. The van der Waals surface area contributed by atoms with E-state index in [4.69, 9.17) is 33.1 Å². The SMILES string of the molecule is CC(=O)N1CCC(C(=O)N2CC[C@@H](N(C)C(=O)c3c[nH]cn3)[C@H](c3ccc(Cl)c(Cl)c3)C2)CC1.O=C(O)C(F)(F)F. The number of carbonyl (C=O) groups excluding carboxylic acids is 3. The van der Waals surface area contributed by atoms with Crippen LogP contribution in [0.5, 0.6) is 0 Å². The van der Waals surface area contributed by atoms with Crippen molar-refractivity contribution in [2.45, 2.75) is 44.3 Å². The Labute approximate surface area is 244 Å². The number of halogens is 5. The highest BCUT2D eigenvalue weighted by atomic mass is 35.5. The summed E-state index contributed by atoms with van der Waals surface area (Å²) >= 11 is 12.5. The maximum absolute atomic E-state index is 13.4. The summed E-state index contributed by atoms with van der Waals surface area (Å²) in [5.74, 6) is -2.98. The number of likely N-dealkylation sites (tertiary alicyclic amines) is 2. The average Bonchev–Trinajstić information content (AvgIpc) is 3.48. The lowest BCUT2D eigenvalue weighted by molar-refractivity contribution is -0.192. The molecular formula is C26H30Cl2F3N5O5. The van der Waals surface area contributed by atoms with Crippen LogP contribution in [0.2, 0.25) is 10.0 Å². The first-order valence-corrected chi connectivity index (χ1v) is 13.5. The number of nitrogens with zero attached hydrogens (tertiary/aromatic N) is 4. The minimum Gasteiger partial charge on any atom is -0.475 e. The summed E-state index contributed by atoms with van der Waals surface area (Å²) in [6.07, 6.45) is -0.0362. The molecule has 1 aromatic heterocycles. The number of aromatic amines is 1. The first-order valence-electron chi connectivity index (χ1n) is 12.8. The van der Waals surface area contributed by atoms with Gasteiger partial charge >= 0.3 is 12.1 Å². The maximum Gasteiger partial charge on any atom is 0.490 e. The molecule has 15 heteroatoms. The third-order valence-electron chi connectivity index (χ3n) is 7.33. The van der Waals surface area contributed by atoms with E-state index in [1.165, 1.54) is 6.33 Å². The molecule has 2 atom stereocenters. The molecule has 1 aromatic carbocycles. The number of hydrogen-bond donors (Lipinski definition) is 2. The van der Waals surface area contributed by atoms with Crippen LogP contribution in [0.25, 0.3) is 0 Å². The number of likely N-dealkylation sites (N-methyl/N-ethyl adjacent to an activating group) is 1. The first kappa shape index (κ1) is 32.2. The predicted octanol–water partition coefficient (Wildman–Crippen LogP) is 4.07. The number of aromatic nitrogens is 2. The smallest absolute Gasteiger partial charge is 0.475 e. The molecule has 41 heavy (non-hydrogen) atoms. The molecule has 0 spiro atoms. The number of nitrogens with one attached hydrogen (secondary N) is 1. The zero-order valence-electron chi connectivity index (χ0n) is 22.3. The number of benzene rings is 1. The van der Waals surface area contributed by atoms with E-state index in [0.717, 1.165) is 5.56 Å². The first-order chi connectivity index (χ1) is 19.2. The number of amides is 3. The second-order valence-electron chi connectivity index (χ2n) is 9.87. The van der Waals surface area contributed by atoms with E-state index in [1.54, 1.807) is 36.0 Å². The van der Waals surface area contributed by atoms with Crippen LogP contribution in [-0.4, -0.2) is 98.9 Å². The van der Waals surface area contributed by atoms with Crippen LogP contribution in [0.1, 0.15) is 48.2 Å². The summed E-state index contributed by atoms with van der Waals surface area (Å²) in [5.41, 5.74) is 1.29. The molecule has 0 saturated carbocycles. The molecule has 2 fully saturated rings. The van der Waals surface area contributed by atoms with Crippen LogP contribution in [0, 0.1) is 5.92 Å². The number of piperidine rings is 2. The Balaban J connectivity index is 0.000000587. The summed E-state index contributed by atoms with van der Waals surface area (Å²) in [6, 6.07) is 5.36. The van der Waals surface area contributed by atoms with E-state index < -0.39 is 12.1 Å². The van der Waals surface area contributed by atoms with E-state index in [0.29, 0.717) is 61.2 Å². The molecule has 4 rings (SSSR count). The third kappa shape index (κ3) is 8.13. The van der Waals surface area contributed by atoms with Crippen molar-refractivity contribution in [1.29, 1.82) is 0 Å². The van der Waals surface area contributed by atoms with Crippen LogP contribution in [0.15, 0.2) is 30.7 Å². The topological polar surface area (TPSA) is 127 Å². The average molecular weight is 620 g/mol. The molecule has 3 heterocycles. The van der Waals surface area contributed by atoms with Gasteiger partial charge in [0.25, 0.3) is 5.91 Å². The molecule has 2 saturated heterocycles. The summed E-state index contributed by atoms with van der Waals surface area (Å²) in [5, 5.41) is 8.03. The Morgan fingerprint density at radius 1 is 1.05 bits per heavy atom. The van der Waals surface area contributed by atoms with Crippen molar-refractivity contribution < 1.29 is 37.5 Å². The highest BCUT2D eigenvalue weighted by molar-refractivity contribution is 6.42. The van der Waals surface area contributed by atoms with Crippen molar-refractivity contribution in [2.24, 2.45) is 5.92 Å². The Kier molecular flexibility index (Phi) is 10.6. The Hall–Kier alpha value is -3.32. The second kappa shape index (κ2) is 13.6. The zero-order chi connectivity index (χ0) is 30.5. The van der Waals surface area contributed by atoms with Gasteiger partial charge in [-0.3, -0.25) is 14.4 Å². The van der Waals surface area contributed by atoms with Crippen molar-refractivity contribution in [2.75, 3.05) is 33.2 Å². The lowest BCUT2D eigenvalue weighted by atomic mass is 9.84. The van der Waals surface area contributed by atoms with Gasteiger partial charge in [0, 0.05) is 64.2 Å². The molecule has 224 valence electrons. The summed E-state index contributed by atoms with van der Waals surface area (Å²) < 4.78 is 31.7. The van der Waals surface area contributed by atoms with Crippen LogP contribution in [0.3, 0.4) is 0 Å². The quantitative estimate of drug-likeness (QED) is 0.531. The van der Waals surface area contributed by atoms with Crippen LogP contribution < -0.4 is 0 Å². The highest BCUT2D eigenvalue weighted by Crippen LogP contribution is 2.35. The fraction of sp³-hybridized carbons (Fsp3) is 0.500. The van der Waals surface area contributed by atoms with Crippen molar-refractivity contribution in [3.05, 3.63) is 52.0 Å². The molecule has 2 aliphatic heterocycles. The van der Waals surface area contributed by atoms with Crippen LogP contribution in [0.4, 0.5) is 13.2 Å². The monoisotopic (exact) mass is 619 g/mol. The molecule has 2 aliphatic rings. The van der Waals surface area contributed by atoms with Crippen LogP contribution in [-0.2, 0) is 14.4 Å². The molecule has 0 aliphatic carbocycles. The number of alkyl halides is 3. The number of aliphatic carboxylic acids is 1. The second-order valence-corrected chi connectivity index (χ2v) is 10.7. The summed E-state index contributed by atoms with van der Waals surface area (Å²) in [4.78, 5) is 59.3. The fourth-order valence-corrected chi connectivity index (χ4v) is 5.39. The van der Waals surface area contributed by atoms with Crippen molar-refractivity contribution >= 4 is 46.9 Å². The van der Waals surface area contributed by atoms with Gasteiger partial charge in [-0.2, -0.15) is 13.2 Å². The summed E-state index contributed by atoms with van der Waals surface area (Å²) in [7, 11) is 1.78. The van der Waals surface area contributed by atoms with Crippen molar-refractivity contribution in [3.63, 3.8) is 0 Å². The van der Waals surface area contributed by atoms with Gasteiger partial charge in [-0.05, 0) is 37.0 Å². The lowest BCUT2D eigenvalue weighted by Gasteiger charge is -2.44. The Morgan fingerprint density at radius 2 is 1.66 bits per heavy atom. The minimum atomic E-state index is -5.08. The number of carboxylic acids is 1. The third-order valence-corrected chi connectivity index (χ3v) is 8.07. The van der Waals surface area contributed by atoms with Gasteiger partial charge < -0.3 is 24.8 Å². The molecule has 0 radical (unpaired) electrons. The largest absolute Gasteiger partial charge is 0.490 e. The number of carbonyl (C=O) groups is 4.